The number of nitrogens with zero attached hydrogens (tertiary/aromatic N) is 1. The van der Waals surface area contributed by atoms with Crippen molar-refractivity contribution < 1.29 is 14.2 Å². The summed E-state index contributed by atoms with van der Waals surface area (Å²) in [6.07, 6.45) is 8.27. The summed E-state index contributed by atoms with van der Waals surface area (Å²) in [5.74, 6) is 1.89. The van der Waals surface area contributed by atoms with E-state index in [4.69, 9.17) is 4.74 Å². The van der Waals surface area contributed by atoms with Gasteiger partial charge >= 0.3 is 0 Å². The first-order valence-electron chi connectivity index (χ1n) is 11.4. The van der Waals surface area contributed by atoms with Gasteiger partial charge in [0.15, 0.2) is 0 Å². The lowest BCUT2D eigenvalue weighted by Crippen LogP contribution is -2.36. The molecule has 3 aliphatic rings. The van der Waals surface area contributed by atoms with Gasteiger partial charge in [-0.2, -0.15) is 0 Å². The Kier molecular flexibility index (Phi) is 6.09. The van der Waals surface area contributed by atoms with E-state index in [-0.39, 0.29) is 11.9 Å². The van der Waals surface area contributed by atoms with Gasteiger partial charge in [-0.05, 0) is 86.6 Å². The summed E-state index contributed by atoms with van der Waals surface area (Å²) < 4.78 is 20.0. The number of ether oxygens (including phenoxy) is 1. The van der Waals surface area contributed by atoms with E-state index < -0.39 is 0 Å². The highest BCUT2D eigenvalue weighted by Crippen LogP contribution is 2.47. The predicted octanol–water partition coefficient (Wildman–Crippen LogP) is 6.10. The number of piperidine rings is 1. The van der Waals surface area contributed by atoms with Crippen molar-refractivity contribution in [3.63, 3.8) is 0 Å². The van der Waals surface area contributed by atoms with E-state index in [1.165, 1.54) is 22.1 Å². The monoisotopic (exact) mass is 439 g/mol. The highest BCUT2D eigenvalue weighted by atomic mass is 32.2. The third-order valence-corrected chi connectivity index (χ3v) is 7.76. The zero-order valence-corrected chi connectivity index (χ0v) is 18.9. The summed E-state index contributed by atoms with van der Waals surface area (Å²) in [6.45, 7) is 3.27. The number of halogens is 1. The normalized spacial score (nSPS) is 23.8. The predicted molar refractivity (Wildman–Crippen MR) is 124 cm³/mol. The fourth-order valence-corrected chi connectivity index (χ4v) is 5.74. The third kappa shape index (κ3) is 4.41. The highest BCUT2D eigenvalue weighted by molar-refractivity contribution is 7.98. The molecule has 1 N–H and O–H groups in total. The molecule has 1 saturated carbocycles. The van der Waals surface area contributed by atoms with Crippen LogP contribution in [-0.4, -0.2) is 42.0 Å². The summed E-state index contributed by atoms with van der Waals surface area (Å²) in [7, 11) is 0. The summed E-state index contributed by atoms with van der Waals surface area (Å²) in [5, 5.41) is 9.77. The Morgan fingerprint density at radius 1 is 1.00 bits per heavy atom. The van der Waals surface area contributed by atoms with Crippen LogP contribution in [0.15, 0.2) is 46.9 Å². The fourth-order valence-electron chi connectivity index (χ4n) is 5.30. The van der Waals surface area contributed by atoms with Gasteiger partial charge in [-0.3, -0.25) is 0 Å². The van der Waals surface area contributed by atoms with Gasteiger partial charge in [-0.1, -0.05) is 5.57 Å². The lowest BCUT2D eigenvalue weighted by atomic mass is 9.84. The number of benzene rings is 2. The lowest BCUT2D eigenvalue weighted by molar-refractivity contribution is 0.0923. The maximum atomic E-state index is 13.9. The molecule has 2 aliphatic heterocycles. The maximum absolute atomic E-state index is 13.9. The average Bonchev–Trinajstić information content (AvgIpc) is 2.79. The van der Waals surface area contributed by atoms with E-state index in [1.54, 1.807) is 17.8 Å². The fraction of sp³-hybridized carbons (Fsp3) is 0.462. The Hall–Kier alpha value is -1.82. The SMILES string of the molecule is CSc1ccc2c(c1)C(=C1CCN(CC3CCC(O)CC3)CC1)c1ccc(F)cc1O2. The van der Waals surface area contributed by atoms with Crippen molar-refractivity contribution in [2.45, 2.75) is 49.5 Å². The smallest absolute Gasteiger partial charge is 0.138 e. The van der Waals surface area contributed by atoms with Gasteiger partial charge in [0.1, 0.15) is 17.3 Å². The molecule has 31 heavy (non-hydrogen) atoms. The minimum Gasteiger partial charge on any atom is -0.456 e. The number of rotatable bonds is 3. The van der Waals surface area contributed by atoms with Crippen LogP contribution in [0.25, 0.3) is 5.57 Å². The molecule has 0 unspecified atom stereocenters. The average molecular weight is 440 g/mol. The molecule has 3 nitrogen and oxygen atoms in total. The van der Waals surface area contributed by atoms with Crippen molar-refractivity contribution >= 4 is 17.3 Å². The molecule has 2 fully saturated rings. The molecule has 2 aromatic carbocycles. The first-order chi connectivity index (χ1) is 15.1. The molecular formula is C26H30FNO2S. The second-order valence-electron chi connectivity index (χ2n) is 9.06. The molecular weight excluding hydrogens is 409 g/mol. The van der Waals surface area contributed by atoms with Crippen molar-refractivity contribution in [1.29, 1.82) is 0 Å². The first kappa shape index (κ1) is 21.0. The van der Waals surface area contributed by atoms with Gasteiger partial charge in [0.2, 0.25) is 0 Å². The lowest BCUT2D eigenvalue weighted by Gasteiger charge is -2.35. The number of likely N-dealkylation sites (tertiary alicyclic amines) is 1. The Labute approximate surface area is 188 Å². The zero-order valence-electron chi connectivity index (χ0n) is 18.1. The molecule has 164 valence electrons. The van der Waals surface area contributed by atoms with Gasteiger partial charge in [-0.25, -0.2) is 4.39 Å². The van der Waals surface area contributed by atoms with Crippen LogP contribution in [0, 0.1) is 11.7 Å². The van der Waals surface area contributed by atoms with E-state index in [9.17, 15) is 9.50 Å². The molecule has 1 aliphatic carbocycles. The molecule has 0 amide bonds. The molecule has 5 heteroatoms. The molecule has 2 heterocycles. The number of fused-ring (bicyclic) bond motifs is 2. The number of aliphatic hydroxyl groups excluding tert-OH is 1. The van der Waals surface area contributed by atoms with Crippen LogP contribution < -0.4 is 4.74 Å². The number of hydrogen-bond donors (Lipinski definition) is 1. The minimum absolute atomic E-state index is 0.0846. The van der Waals surface area contributed by atoms with Crippen LogP contribution in [0.5, 0.6) is 11.5 Å². The van der Waals surface area contributed by atoms with E-state index in [0.29, 0.717) is 11.7 Å². The Bertz CT molecular complexity index is 987. The zero-order chi connectivity index (χ0) is 21.4. The van der Waals surface area contributed by atoms with Crippen molar-refractivity contribution in [3.8, 4) is 11.5 Å². The molecule has 5 rings (SSSR count). The molecule has 0 spiro atoms. The topological polar surface area (TPSA) is 32.7 Å². The molecule has 0 radical (unpaired) electrons. The van der Waals surface area contributed by atoms with Crippen molar-refractivity contribution in [3.05, 3.63) is 58.9 Å². The first-order valence-corrected chi connectivity index (χ1v) is 12.6. The summed E-state index contributed by atoms with van der Waals surface area (Å²) in [4.78, 5) is 3.80. The molecule has 0 aromatic heterocycles. The number of hydrogen-bond acceptors (Lipinski definition) is 4. The minimum atomic E-state index is -0.264. The molecule has 1 saturated heterocycles. The van der Waals surface area contributed by atoms with E-state index in [0.717, 1.165) is 75.0 Å². The van der Waals surface area contributed by atoms with Gasteiger partial charge in [0.25, 0.3) is 0 Å². The standard InChI is InChI=1S/C26H30FNO2S/c1-31-21-7-9-24-23(15-21)26(22-8-4-19(27)14-25(22)30-24)18-10-12-28(13-11-18)16-17-2-5-20(29)6-3-17/h4,7-9,14-15,17,20,29H,2-3,5-6,10-13,16H2,1H3. The van der Waals surface area contributed by atoms with Crippen molar-refractivity contribution in [2.75, 3.05) is 25.9 Å². The molecule has 0 atom stereocenters. The summed E-state index contributed by atoms with van der Waals surface area (Å²) in [6, 6.07) is 11.2. The van der Waals surface area contributed by atoms with Crippen LogP contribution in [0.4, 0.5) is 4.39 Å². The second-order valence-corrected chi connectivity index (χ2v) is 9.94. The van der Waals surface area contributed by atoms with Crippen molar-refractivity contribution in [2.24, 2.45) is 5.92 Å². The Morgan fingerprint density at radius 2 is 1.77 bits per heavy atom. The van der Waals surface area contributed by atoms with Gasteiger partial charge < -0.3 is 14.7 Å². The second kappa shape index (κ2) is 8.97. The van der Waals surface area contributed by atoms with Crippen LogP contribution in [-0.2, 0) is 0 Å². The molecule has 0 bridgehead atoms. The van der Waals surface area contributed by atoms with E-state index in [1.807, 2.05) is 12.1 Å². The van der Waals surface area contributed by atoms with Gasteiger partial charge in [-0.15, -0.1) is 11.8 Å². The maximum Gasteiger partial charge on any atom is 0.138 e. The highest BCUT2D eigenvalue weighted by Gasteiger charge is 2.28. The van der Waals surface area contributed by atoms with Crippen LogP contribution in [0.1, 0.15) is 49.7 Å². The number of thioether (sulfide) groups is 1. The summed E-state index contributed by atoms with van der Waals surface area (Å²) in [5.41, 5.74) is 4.84. The largest absolute Gasteiger partial charge is 0.456 e. The van der Waals surface area contributed by atoms with Crippen LogP contribution >= 0.6 is 11.8 Å². The van der Waals surface area contributed by atoms with E-state index >= 15 is 0 Å². The van der Waals surface area contributed by atoms with Crippen LogP contribution in [0.2, 0.25) is 0 Å². The third-order valence-electron chi connectivity index (χ3n) is 7.03. The Morgan fingerprint density at radius 3 is 2.52 bits per heavy atom. The van der Waals surface area contributed by atoms with Crippen molar-refractivity contribution in [1.82, 2.24) is 4.90 Å². The van der Waals surface area contributed by atoms with Crippen LogP contribution in [0.3, 0.4) is 0 Å². The Balaban J connectivity index is 1.41. The quantitative estimate of drug-likeness (QED) is 0.500. The summed E-state index contributed by atoms with van der Waals surface area (Å²) >= 11 is 1.73. The van der Waals surface area contributed by atoms with Gasteiger partial charge in [0, 0.05) is 41.7 Å². The van der Waals surface area contributed by atoms with E-state index in [2.05, 4.69) is 23.3 Å². The molecule has 2 aromatic rings. The van der Waals surface area contributed by atoms with Gasteiger partial charge in [0.05, 0.1) is 6.10 Å². The number of aliphatic hydroxyl groups is 1.